The van der Waals surface area contributed by atoms with Crippen molar-refractivity contribution in [2.45, 2.75) is 13.8 Å². The molecule has 0 atom stereocenters. The first-order valence-corrected chi connectivity index (χ1v) is 4.44. The first-order valence-electron chi connectivity index (χ1n) is 4.44. The summed E-state index contributed by atoms with van der Waals surface area (Å²) in [5, 5.41) is 0. The molecule has 0 bridgehead atoms. The average Bonchev–Trinajstić information content (AvgIpc) is 2.52. The predicted octanol–water partition coefficient (Wildman–Crippen LogP) is 2.54. The van der Waals surface area contributed by atoms with Gasteiger partial charge in [0.1, 0.15) is 5.82 Å². The summed E-state index contributed by atoms with van der Waals surface area (Å²) in [6.45, 7) is 4.02. The fourth-order valence-corrected chi connectivity index (χ4v) is 1.50. The Bertz CT molecular complexity index is 460. The summed E-state index contributed by atoms with van der Waals surface area (Å²) < 4.78 is 5.13. The van der Waals surface area contributed by atoms with Gasteiger partial charge in [0.15, 0.2) is 0 Å². The van der Waals surface area contributed by atoms with Crippen LogP contribution in [0.4, 0.5) is 5.82 Å². The molecule has 0 aliphatic heterocycles. The van der Waals surface area contributed by atoms with E-state index < -0.39 is 0 Å². The van der Waals surface area contributed by atoms with E-state index in [0.29, 0.717) is 5.82 Å². The van der Waals surface area contributed by atoms with E-state index in [9.17, 15) is 0 Å². The van der Waals surface area contributed by atoms with Crippen molar-refractivity contribution in [3.8, 4) is 11.1 Å². The highest BCUT2D eigenvalue weighted by atomic mass is 16.3. The molecule has 0 aromatic carbocycles. The minimum absolute atomic E-state index is 0.549. The molecule has 2 N–H and O–H groups in total. The Balaban J connectivity index is 2.58. The Labute approximate surface area is 82.6 Å². The summed E-state index contributed by atoms with van der Waals surface area (Å²) in [7, 11) is 0. The third-order valence-electron chi connectivity index (χ3n) is 2.28. The molecule has 0 amide bonds. The molecule has 0 saturated carbocycles. The van der Waals surface area contributed by atoms with Crippen LogP contribution < -0.4 is 5.73 Å². The predicted molar refractivity (Wildman–Crippen MR) is 55.8 cm³/mol. The number of aromatic nitrogens is 1. The standard InChI is InChI=1S/C11H12N2O/c1-7-3-11(12)13-4-9(7)10-6-14-5-8(10)2/h3-6H,1-2H3,(H2,12,13). The zero-order valence-corrected chi connectivity index (χ0v) is 8.24. The quantitative estimate of drug-likeness (QED) is 0.748. The molecule has 2 aromatic heterocycles. The van der Waals surface area contributed by atoms with Crippen LogP contribution in [0.15, 0.2) is 29.2 Å². The zero-order valence-electron chi connectivity index (χ0n) is 8.24. The first kappa shape index (κ1) is 8.81. The summed E-state index contributed by atoms with van der Waals surface area (Å²) in [6, 6.07) is 1.86. The second kappa shape index (κ2) is 3.18. The van der Waals surface area contributed by atoms with Crippen molar-refractivity contribution in [2.24, 2.45) is 0 Å². The summed E-state index contributed by atoms with van der Waals surface area (Å²) in [6.07, 6.45) is 5.24. The topological polar surface area (TPSA) is 52.0 Å². The molecule has 2 aromatic rings. The molecule has 2 heterocycles. The van der Waals surface area contributed by atoms with Crippen molar-refractivity contribution in [1.82, 2.24) is 4.98 Å². The lowest BCUT2D eigenvalue weighted by Gasteiger charge is -2.04. The van der Waals surface area contributed by atoms with Crippen LogP contribution in [-0.4, -0.2) is 4.98 Å². The number of nitrogens with two attached hydrogens (primary N) is 1. The van der Waals surface area contributed by atoms with E-state index in [1.165, 1.54) is 0 Å². The van der Waals surface area contributed by atoms with E-state index in [-0.39, 0.29) is 0 Å². The van der Waals surface area contributed by atoms with Crippen LogP contribution in [-0.2, 0) is 0 Å². The molecule has 0 radical (unpaired) electrons. The fourth-order valence-electron chi connectivity index (χ4n) is 1.50. The Morgan fingerprint density at radius 2 is 1.93 bits per heavy atom. The molecular weight excluding hydrogens is 176 g/mol. The van der Waals surface area contributed by atoms with Gasteiger partial charge in [-0.1, -0.05) is 0 Å². The molecule has 0 aliphatic rings. The van der Waals surface area contributed by atoms with Crippen molar-refractivity contribution in [2.75, 3.05) is 5.73 Å². The molecule has 72 valence electrons. The van der Waals surface area contributed by atoms with E-state index in [2.05, 4.69) is 4.98 Å². The molecule has 0 aliphatic carbocycles. The van der Waals surface area contributed by atoms with Crippen LogP contribution in [0.2, 0.25) is 0 Å². The molecule has 3 heteroatoms. The van der Waals surface area contributed by atoms with Gasteiger partial charge in [0.05, 0.1) is 12.5 Å². The zero-order chi connectivity index (χ0) is 10.1. The number of pyridine rings is 1. The van der Waals surface area contributed by atoms with Crippen LogP contribution in [0.1, 0.15) is 11.1 Å². The first-order chi connectivity index (χ1) is 6.68. The number of hydrogen-bond donors (Lipinski definition) is 1. The third kappa shape index (κ3) is 1.37. The monoisotopic (exact) mass is 188 g/mol. The maximum atomic E-state index is 5.58. The normalized spacial score (nSPS) is 10.4. The summed E-state index contributed by atoms with van der Waals surface area (Å²) in [5.74, 6) is 0.549. The molecule has 2 rings (SSSR count). The second-order valence-electron chi connectivity index (χ2n) is 3.39. The minimum Gasteiger partial charge on any atom is -0.472 e. The van der Waals surface area contributed by atoms with Crippen LogP contribution in [0.5, 0.6) is 0 Å². The summed E-state index contributed by atoms with van der Waals surface area (Å²) >= 11 is 0. The molecular formula is C11H12N2O. The Hall–Kier alpha value is -1.77. The van der Waals surface area contributed by atoms with Crippen LogP contribution in [0.3, 0.4) is 0 Å². The average molecular weight is 188 g/mol. The molecule has 3 nitrogen and oxygen atoms in total. The van der Waals surface area contributed by atoms with Gasteiger partial charge in [0.2, 0.25) is 0 Å². The lowest BCUT2D eigenvalue weighted by atomic mass is 10.0. The van der Waals surface area contributed by atoms with Gasteiger partial charge in [0.25, 0.3) is 0 Å². The van der Waals surface area contributed by atoms with Crippen molar-refractivity contribution in [1.29, 1.82) is 0 Å². The second-order valence-corrected chi connectivity index (χ2v) is 3.39. The largest absolute Gasteiger partial charge is 0.472 e. The molecule has 0 unspecified atom stereocenters. The van der Waals surface area contributed by atoms with Gasteiger partial charge in [-0.15, -0.1) is 0 Å². The number of aryl methyl sites for hydroxylation is 2. The maximum Gasteiger partial charge on any atom is 0.123 e. The molecule has 0 spiro atoms. The lowest BCUT2D eigenvalue weighted by molar-refractivity contribution is 0.566. The number of hydrogen-bond acceptors (Lipinski definition) is 3. The van der Waals surface area contributed by atoms with E-state index in [1.54, 1.807) is 18.7 Å². The van der Waals surface area contributed by atoms with Crippen LogP contribution in [0, 0.1) is 13.8 Å². The number of rotatable bonds is 1. The number of anilines is 1. The van der Waals surface area contributed by atoms with Crippen molar-refractivity contribution in [3.63, 3.8) is 0 Å². The Morgan fingerprint density at radius 3 is 2.50 bits per heavy atom. The highest BCUT2D eigenvalue weighted by molar-refractivity contribution is 5.69. The van der Waals surface area contributed by atoms with Crippen LogP contribution in [0.25, 0.3) is 11.1 Å². The van der Waals surface area contributed by atoms with E-state index >= 15 is 0 Å². The van der Waals surface area contributed by atoms with Gasteiger partial charge in [0, 0.05) is 17.3 Å². The Kier molecular flexibility index (Phi) is 2.00. The number of nitrogens with zero attached hydrogens (tertiary/aromatic N) is 1. The van der Waals surface area contributed by atoms with Gasteiger partial charge >= 0.3 is 0 Å². The SMILES string of the molecule is Cc1cc(N)ncc1-c1cocc1C. The fraction of sp³-hybridized carbons (Fsp3) is 0.182. The molecule has 0 saturated heterocycles. The van der Waals surface area contributed by atoms with Crippen molar-refractivity contribution in [3.05, 3.63) is 35.9 Å². The van der Waals surface area contributed by atoms with Gasteiger partial charge in [-0.2, -0.15) is 0 Å². The highest BCUT2D eigenvalue weighted by Gasteiger charge is 2.07. The smallest absolute Gasteiger partial charge is 0.123 e. The van der Waals surface area contributed by atoms with Crippen LogP contribution >= 0.6 is 0 Å². The van der Waals surface area contributed by atoms with E-state index in [4.69, 9.17) is 10.2 Å². The van der Waals surface area contributed by atoms with Gasteiger partial charge in [-0.25, -0.2) is 4.98 Å². The van der Waals surface area contributed by atoms with E-state index in [1.807, 2.05) is 19.9 Å². The van der Waals surface area contributed by atoms with Gasteiger partial charge in [-0.3, -0.25) is 0 Å². The molecule has 0 fully saturated rings. The van der Waals surface area contributed by atoms with Crippen molar-refractivity contribution < 1.29 is 4.42 Å². The summed E-state index contributed by atoms with van der Waals surface area (Å²) in [5.41, 5.74) is 9.96. The maximum absolute atomic E-state index is 5.58. The number of nitrogen functional groups attached to an aromatic ring is 1. The van der Waals surface area contributed by atoms with Gasteiger partial charge < -0.3 is 10.2 Å². The molecule has 14 heavy (non-hydrogen) atoms. The Morgan fingerprint density at radius 1 is 1.14 bits per heavy atom. The highest BCUT2D eigenvalue weighted by Crippen LogP contribution is 2.27. The number of furan rings is 1. The lowest BCUT2D eigenvalue weighted by Crippen LogP contribution is -1.92. The third-order valence-corrected chi connectivity index (χ3v) is 2.28. The minimum atomic E-state index is 0.549. The van der Waals surface area contributed by atoms with E-state index in [0.717, 1.165) is 22.3 Å². The van der Waals surface area contributed by atoms with Crippen molar-refractivity contribution >= 4 is 5.82 Å². The summed E-state index contributed by atoms with van der Waals surface area (Å²) in [4.78, 5) is 4.07. The van der Waals surface area contributed by atoms with Gasteiger partial charge in [-0.05, 0) is 31.0 Å².